The second-order valence-electron chi connectivity index (χ2n) is 4.07. The van der Waals surface area contributed by atoms with Crippen molar-refractivity contribution in [3.05, 3.63) is 59.4 Å². The maximum absolute atomic E-state index is 5.46. The Morgan fingerprint density at radius 1 is 0.882 bits per heavy atom. The van der Waals surface area contributed by atoms with E-state index in [2.05, 4.69) is 22.3 Å². The Kier molecular flexibility index (Phi) is 4.22. The van der Waals surface area contributed by atoms with Crippen LogP contribution in [0.4, 0.5) is 0 Å². The van der Waals surface area contributed by atoms with E-state index in [4.69, 9.17) is 5.73 Å². The van der Waals surface area contributed by atoms with E-state index in [1.807, 2.05) is 30.3 Å². The SMILES string of the molecule is NCCCc1ccc(Cc2ccccc2)nn1. The summed E-state index contributed by atoms with van der Waals surface area (Å²) in [7, 11) is 0. The Morgan fingerprint density at radius 3 is 2.24 bits per heavy atom. The first kappa shape index (κ1) is 11.7. The van der Waals surface area contributed by atoms with E-state index in [9.17, 15) is 0 Å². The molecule has 3 heteroatoms. The van der Waals surface area contributed by atoms with Crippen molar-refractivity contribution in [2.45, 2.75) is 19.3 Å². The number of aromatic nitrogens is 2. The zero-order valence-electron chi connectivity index (χ0n) is 9.84. The zero-order valence-corrected chi connectivity index (χ0v) is 9.84. The molecular formula is C14H17N3. The minimum atomic E-state index is 0.702. The van der Waals surface area contributed by atoms with Crippen LogP contribution in [0.1, 0.15) is 23.4 Å². The molecule has 0 fully saturated rings. The van der Waals surface area contributed by atoms with Crippen molar-refractivity contribution < 1.29 is 0 Å². The summed E-state index contributed by atoms with van der Waals surface area (Å²) in [6, 6.07) is 14.4. The summed E-state index contributed by atoms with van der Waals surface area (Å²) in [5.74, 6) is 0. The fourth-order valence-electron chi connectivity index (χ4n) is 1.70. The van der Waals surface area contributed by atoms with Gasteiger partial charge in [0.25, 0.3) is 0 Å². The molecule has 2 N–H and O–H groups in total. The molecule has 0 bridgehead atoms. The van der Waals surface area contributed by atoms with Gasteiger partial charge in [-0.1, -0.05) is 30.3 Å². The first-order valence-electron chi connectivity index (χ1n) is 5.94. The van der Waals surface area contributed by atoms with Crippen LogP contribution in [0, 0.1) is 0 Å². The molecule has 0 aliphatic heterocycles. The van der Waals surface area contributed by atoms with Gasteiger partial charge in [0.1, 0.15) is 0 Å². The molecule has 3 nitrogen and oxygen atoms in total. The molecule has 88 valence electrons. The van der Waals surface area contributed by atoms with Crippen molar-refractivity contribution >= 4 is 0 Å². The molecule has 0 aliphatic carbocycles. The van der Waals surface area contributed by atoms with Crippen molar-refractivity contribution in [1.29, 1.82) is 0 Å². The van der Waals surface area contributed by atoms with Crippen LogP contribution in [-0.2, 0) is 12.8 Å². The second-order valence-corrected chi connectivity index (χ2v) is 4.07. The predicted molar refractivity (Wildman–Crippen MR) is 68.7 cm³/mol. The minimum Gasteiger partial charge on any atom is -0.330 e. The molecule has 0 aliphatic rings. The van der Waals surface area contributed by atoms with Crippen molar-refractivity contribution in [2.24, 2.45) is 5.73 Å². The highest BCUT2D eigenvalue weighted by atomic mass is 15.1. The number of rotatable bonds is 5. The normalized spacial score (nSPS) is 10.4. The van der Waals surface area contributed by atoms with Gasteiger partial charge in [0, 0.05) is 6.42 Å². The maximum atomic E-state index is 5.46. The number of benzene rings is 1. The second kappa shape index (κ2) is 6.11. The van der Waals surface area contributed by atoms with E-state index >= 15 is 0 Å². The molecule has 1 aromatic carbocycles. The average Bonchev–Trinajstić information content (AvgIpc) is 2.39. The van der Waals surface area contributed by atoms with Gasteiger partial charge in [-0.25, -0.2) is 0 Å². The van der Waals surface area contributed by atoms with Gasteiger partial charge in [-0.15, -0.1) is 0 Å². The molecule has 0 saturated carbocycles. The summed E-state index contributed by atoms with van der Waals surface area (Å²) in [5, 5.41) is 8.44. The van der Waals surface area contributed by atoms with E-state index in [1.54, 1.807) is 0 Å². The average molecular weight is 227 g/mol. The van der Waals surface area contributed by atoms with E-state index in [-0.39, 0.29) is 0 Å². The Hall–Kier alpha value is -1.74. The smallest absolute Gasteiger partial charge is 0.0675 e. The molecule has 17 heavy (non-hydrogen) atoms. The first-order valence-corrected chi connectivity index (χ1v) is 5.94. The van der Waals surface area contributed by atoms with E-state index < -0.39 is 0 Å². The number of aryl methyl sites for hydroxylation is 1. The van der Waals surface area contributed by atoms with Crippen LogP contribution < -0.4 is 5.73 Å². The van der Waals surface area contributed by atoms with Crippen LogP contribution >= 0.6 is 0 Å². The summed E-state index contributed by atoms with van der Waals surface area (Å²) in [5.41, 5.74) is 8.75. The Labute approximate surface area is 102 Å². The number of hydrogen-bond donors (Lipinski definition) is 1. The molecule has 1 heterocycles. The number of nitrogens with zero attached hydrogens (tertiary/aromatic N) is 2. The van der Waals surface area contributed by atoms with Crippen LogP contribution in [0.5, 0.6) is 0 Å². The quantitative estimate of drug-likeness (QED) is 0.849. The van der Waals surface area contributed by atoms with Gasteiger partial charge in [0.05, 0.1) is 11.4 Å². The van der Waals surface area contributed by atoms with E-state index in [1.165, 1.54) is 5.56 Å². The summed E-state index contributed by atoms with van der Waals surface area (Å²) >= 11 is 0. The summed E-state index contributed by atoms with van der Waals surface area (Å²) in [6.07, 6.45) is 2.72. The third-order valence-corrected chi connectivity index (χ3v) is 2.64. The highest BCUT2D eigenvalue weighted by Crippen LogP contribution is 2.07. The minimum absolute atomic E-state index is 0.702. The lowest BCUT2D eigenvalue weighted by molar-refractivity contribution is 0.777. The lowest BCUT2D eigenvalue weighted by Gasteiger charge is -2.02. The summed E-state index contributed by atoms with van der Waals surface area (Å²) < 4.78 is 0. The van der Waals surface area contributed by atoms with Crippen LogP contribution in [-0.4, -0.2) is 16.7 Å². The van der Waals surface area contributed by atoms with Gasteiger partial charge in [-0.2, -0.15) is 10.2 Å². The van der Waals surface area contributed by atoms with Gasteiger partial charge < -0.3 is 5.73 Å². The molecule has 0 saturated heterocycles. The van der Waals surface area contributed by atoms with Gasteiger partial charge in [0.2, 0.25) is 0 Å². The third kappa shape index (κ3) is 3.64. The van der Waals surface area contributed by atoms with Crippen molar-refractivity contribution in [2.75, 3.05) is 6.54 Å². The van der Waals surface area contributed by atoms with Gasteiger partial charge in [-0.3, -0.25) is 0 Å². The van der Waals surface area contributed by atoms with Gasteiger partial charge >= 0.3 is 0 Å². The molecule has 0 atom stereocenters. The molecule has 0 radical (unpaired) electrons. The van der Waals surface area contributed by atoms with Gasteiger partial charge in [-0.05, 0) is 37.1 Å². The topological polar surface area (TPSA) is 51.8 Å². The van der Waals surface area contributed by atoms with Gasteiger partial charge in [0.15, 0.2) is 0 Å². The Bertz CT molecular complexity index is 437. The van der Waals surface area contributed by atoms with E-state index in [0.717, 1.165) is 30.7 Å². The molecule has 1 aromatic heterocycles. The summed E-state index contributed by atoms with van der Waals surface area (Å²) in [6.45, 7) is 0.702. The lowest BCUT2D eigenvalue weighted by atomic mass is 10.1. The van der Waals surface area contributed by atoms with Crippen LogP contribution in [0.2, 0.25) is 0 Å². The van der Waals surface area contributed by atoms with Crippen LogP contribution in [0.25, 0.3) is 0 Å². The lowest BCUT2D eigenvalue weighted by Crippen LogP contribution is -2.03. The molecule has 2 rings (SSSR count). The summed E-state index contributed by atoms with van der Waals surface area (Å²) in [4.78, 5) is 0. The maximum Gasteiger partial charge on any atom is 0.0675 e. The molecule has 0 unspecified atom stereocenters. The highest BCUT2D eigenvalue weighted by molar-refractivity contribution is 5.21. The number of hydrogen-bond acceptors (Lipinski definition) is 3. The Balaban J connectivity index is 1.98. The third-order valence-electron chi connectivity index (χ3n) is 2.64. The zero-order chi connectivity index (χ0) is 11.9. The fraction of sp³-hybridized carbons (Fsp3) is 0.286. The fourth-order valence-corrected chi connectivity index (χ4v) is 1.70. The first-order chi connectivity index (χ1) is 8.38. The largest absolute Gasteiger partial charge is 0.330 e. The highest BCUT2D eigenvalue weighted by Gasteiger charge is 1.99. The molecule has 0 amide bonds. The standard InChI is InChI=1S/C14H17N3/c15-10-4-7-13-8-9-14(17-16-13)11-12-5-2-1-3-6-12/h1-3,5-6,8-9H,4,7,10-11,15H2. The van der Waals surface area contributed by atoms with Crippen LogP contribution in [0.15, 0.2) is 42.5 Å². The van der Waals surface area contributed by atoms with Crippen molar-refractivity contribution in [3.8, 4) is 0 Å². The van der Waals surface area contributed by atoms with Crippen LogP contribution in [0.3, 0.4) is 0 Å². The van der Waals surface area contributed by atoms with Crippen molar-refractivity contribution in [3.63, 3.8) is 0 Å². The molecule has 0 spiro atoms. The Morgan fingerprint density at radius 2 is 1.59 bits per heavy atom. The number of nitrogens with two attached hydrogens (primary N) is 1. The monoisotopic (exact) mass is 227 g/mol. The van der Waals surface area contributed by atoms with E-state index in [0.29, 0.717) is 6.54 Å². The molecular weight excluding hydrogens is 210 g/mol. The van der Waals surface area contributed by atoms with Crippen molar-refractivity contribution in [1.82, 2.24) is 10.2 Å². The molecule has 2 aromatic rings. The predicted octanol–water partition coefficient (Wildman–Crippen LogP) is 1.96.